The highest BCUT2D eigenvalue weighted by atomic mass is 16.2. The van der Waals surface area contributed by atoms with E-state index >= 15 is 0 Å². The number of nitrogens with zero attached hydrogens (tertiary/aromatic N) is 2. The lowest BCUT2D eigenvalue weighted by Gasteiger charge is -2.17. The van der Waals surface area contributed by atoms with Crippen LogP contribution >= 0.6 is 0 Å². The molecule has 0 bridgehead atoms. The van der Waals surface area contributed by atoms with Crippen LogP contribution in [0.1, 0.15) is 12.0 Å². The molecule has 1 aromatic rings. The number of carbonyl (C=O) groups excluding carboxylic acids is 2. The van der Waals surface area contributed by atoms with E-state index in [1.807, 2.05) is 38.4 Å². The lowest BCUT2D eigenvalue weighted by atomic mass is 10.1. The molecule has 0 aromatic heterocycles. The average molecular weight is 275 g/mol. The van der Waals surface area contributed by atoms with Gasteiger partial charge in [0, 0.05) is 25.2 Å². The molecule has 0 spiro atoms. The molecular formula is C15H21N3O2. The Morgan fingerprint density at radius 3 is 2.50 bits per heavy atom. The number of rotatable bonds is 5. The smallest absolute Gasteiger partial charge is 0.227 e. The van der Waals surface area contributed by atoms with Crippen LogP contribution in [-0.2, 0) is 16.0 Å². The van der Waals surface area contributed by atoms with Gasteiger partial charge in [-0.25, -0.2) is 0 Å². The van der Waals surface area contributed by atoms with Crippen molar-refractivity contribution in [3.05, 3.63) is 29.8 Å². The lowest BCUT2D eigenvalue weighted by Crippen LogP contribution is -2.28. The van der Waals surface area contributed by atoms with Gasteiger partial charge in [0.25, 0.3) is 0 Å². The van der Waals surface area contributed by atoms with Crippen LogP contribution in [0.4, 0.5) is 5.69 Å². The van der Waals surface area contributed by atoms with Crippen LogP contribution in [0.15, 0.2) is 24.3 Å². The third-order valence-corrected chi connectivity index (χ3v) is 3.62. The lowest BCUT2D eigenvalue weighted by molar-refractivity contribution is -0.123. The number of hydrogen-bond donors (Lipinski definition) is 1. The number of hydrogen-bond acceptors (Lipinski definition) is 3. The van der Waals surface area contributed by atoms with Crippen molar-refractivity contribution in [2.24, 2.45) is 11.7 Å². The first-order chi connectivity index (χ1) is 9.47. The summed E-state index contributed by atoms with van der Waals surface area (Å²) in [6, 6.07) is 7.94. The van der Waals surface area contributed by atoms with E-state index in [2.05, 4.69) is 4.90 Å². The van der Waals surface area contributed by atoms with Gasteiger partial charge in [0.15, 0.2) is 0 Å². The van der Waals surface area contributed by atoms with Gasteiger partial charge in [-0.05, 0) is 38.2 Å². The summed E-state index contributed by atoms with van der Waals surface area (Å²) in [4.78, 5) is 26.8. The zero-order valence-electron chi connectivity index (χ0n) is 12.0. The Kier molecular flexibility index (Phi) is 4.39. The average Bonchev–Trinajstić information content (AvgIpc) is 2.79. The van der Waals surface area contributed by atoms with Gasteiger partial charge >= 0.3 is 0 Å². The van der Waals surface area contributed by atoms with Gasteiger partial charge in [0.2, 0.25) is 11.8 Å². The molecule has 20 heavy (non-hydrogen) atoms. The van der Waals surface area contributed by atoms with E-state index in [1.54, 1.807) is 4.90 Å². The van der Waals surface area contributed by atoms with Gasteiger partial charge in [-0.15, -0.1) is 0 Å². The molecule has 5 nitrogen and oxygen atoms in total. The number of likely N-dealkylation sites (N-methyl/N-ethyl adjacent to an activating group) is 1. The van der Waals surface area contributed by atoms with Gasteiger partial charge in [-0.3, -0.25) is 9.59 Å². The van der Waals surface area contributed by atoms with Crippen molar-refractivity contribution in [3.8, 4) is 0 Å². The molecule has 1 aliphatic rings. The minimum atomic E-state index is -0.400. The Balaban J connectivity index is 2.03. The molecular weight excluding hydrogens is 254 g/mol. The summed E-state index contributed by atoms with van der Waals surface area (Å²) < 4.78 is 0. The molecule has 1 aliphatic heterocycles. The van der Waals surface area contributed by atoms with E-state index in [0.717, 1.165) is 18.7 Å². The van der Waals surface area contributed by atoms with Crippen molar-refractivity contribution < 1.29 is 9.59 Å². The molecule has 0 saturated carbocycles. The first-order valence-corrected chi connectivity index (χ1v) is 6.80. The second-order valence-corrected chi connectivity index (χ2v) is 5.53. The number of carbonyl (C=O) groups is 2. The molecule has 1 saturated heterocycles. The normalized spacial score (nSPS) is 18.9. The Labute approximate surface area is 119 Å². The van der Waals surface area contributed by atoms with Crippen molar-refractivity contribution >= 4 is 17.5 Å². The van der Waals surface area contributed by atoms with Gasteiger partial charge in [0.1, 0.15) is 0 Å². The van der Waals surface area contributed by atoms with Crippen LogP contribution in [0.25, 0.3) is 0 Å². The van der Waals surface area contributed by atoms with Crippen molar-refractivity contribution in [2.75, 3.05) is 32.1 Å². The Morgan fingerprint density at radius 1 is 1.35 bits per heavy atom. The van der Waals surface area contributed by atoms with Crippen LogP contribution in [-0.4, -0.2) is 43.9 Å². The van der Waals surface area contributed by atoms with Gasteiger partial charge in [-0.1, -0.05) is 12.1 Å². The molecule has 1 atom stereocenters. The number of benzene rings is 1. The molecule has 1 aromatic carbocycles. The molecule has 1 unspecified atom stereocenters. The maximum absolute atomic E-state index is 11.9. The molecule has 2 N–H and O–H groups in total. The highest BCUT2D eigenvalue weighted by Crippen LogP contribution is 2.25. The molecule has 1 fully saturated rings. The predicted molar refractivity (Wildman–Crippen MR) is 78.4 cm³/mol. The third kappa shape index (κ3) is 3.36. The minimum Gasteiger partial charge on any atom is -0.369 e. The zero-order valence-corrected chi connectivity index (χ0v) is 12.0. The maximum Gasteiger partial charge on any atom is 0.227 e. The standard InChI is InChI=1S/C15H21N3O2/c1-17(2)8-7-11-3-5-13(6-4-11)18-10-12(15(16)20)9-14(18)19/h3-6,12H,7-10H2,1-2H3,(H2,16,20). The fourth-order valence-corrected chi connectivity index (χ4v) is 2.34. The molecule has 1 heterocycles. The van der Waals surface area contributed by atoms with Crippen molar-refractivity contribution in [1.82, 2.24) is 4.90 Å². The van der Waals surface area contributed by atoms with E-state index in [4.69, 9.17) is 5.73 Å². The Morgan fingerprint density at radius 2 is 2.00 bits per heavy atom. The quantitative estimate of drug-likeness (QED) is 0.857. The van der Waals surface area contributed by atoms with E-state index in [-0.39, 0.29) is 18.2 Å². The van der Waals surface area contributed by atoms with E-state index in [0.29, 0.717) is 6.54 Å². The van der Waals surface area contributed by atoms with E-state index in [9.17, 15) is 9.59 Å². The number of amides is 2. The largest absolute Gasteiger partial charge is 0.369 e. The van der Waals surface area contributed by atoms with Crippen LogP contribution in [0.3, 0.4) is 0 Å². The summed E-state index contributed by atoms with van der Waals surface area (Å²) in [6.07, 6.45) is 1.20. The highest BCUT2D eigenvalue weighted by molar-refractivity contribution is 6.00. The SMILES string of the molecule is CN(C)CCc1ccc(N2CC(C(N)=O)CC2=O)cc1. The van der Waals surface area contributed by atoms with Crippen LogP contribution in [0.2, 0.25) is 0 Å². The minimum absolute atomic E-state index is 0.0326. The molecule has 5 heteroatoms. The van der Waals surface area contributed by atoms with Crippen LogP contribution in [0.5, 0.6) is 0 Å². The predicted octanol–water partition coefficient (Wildman–Crippen LogP) is 0.629. The summed E-state index contributed by atoms with van der Waals surface area (Å²) in [5.74, 6) is -0.797. The second kappa shape index (κ2) is 6.05. The number of primary amides is 1. The summed E-state index contributed by atoms with van der Waals surface area (Å²) in [5.41, 5.74) is 7.35. The summed E-state index contributed by atoms with van der Waals surface area (Å²) in [6.45, 7) is 1.39. The van der Waals surface area contributed by atoms with Crippen LogP contribution < -0.4 is 10.6 Å². The Hall–Kier alpha value is -1.88. The zero-order chi connectivity index (χ0) is 14.7. The second-order valence-electron chi connectivity index (χ2n) is 5.53. The van der Waals surface area contributed by atoms with E-state index < -0.39 is 5.91 Å². The summed E-state index contributed by atoms with van der Waals surface area (Å²) >= 11 is 0. The molecule has 2 amide bonds. The fourth-order valence-electron chi connectivity index (χ4n) is 2.34. The third-order valence-electron chi connectivity index (χ3n) is 3.62. The Bertz CT molecular complexity index is 496. The van der Waals surface area contributed by atoms with Crippen molar-refractivity contribution in [1.29, 1.82) is 0 Å². The topological polar surface area (TPSA) is 66.6 Å². The molecule has 0 aliphatic carbocycles. The molecule has 2 rings (SSSR count). The number of anilines is 1. The monoisotopic (exact) mass is 275 g/mol. The molecule has 0 radical (unpaired) electrons. The van der Waals surface area contributed by atoms with Crippen molar-refractivity contribution in [3.63, 3.8) is 0 Å². The molecule has 108 valence electrons. The fraction of sp³-hybridized carbons (Fsp3) is 0.467. The van der Waals surface area contributed by atoms with Gasteiger partial charge < -0.3 is 15.5 Å². The van der Waals surface area contributed by atoms with E-state index in [1.165, 1.54) is 5.56 Å². The number of nitrogens with two attached hydrogens (primary N) is 1. The maximum atomic E-state index is 11.9. The van der Waals surface area contributed by atoms with Gasteiger partial charge in [0.05, 0.1) is 5.92 Å². The highest BCUT2D eigenvalue weighted by Gasteiger charge is 2.33. The summed E-state index contributed by atoms with van der Waals surface area (Å²) in [7, 11) is 4.09. The summed E-state index contributed by atoms with van der Waals surface area (Å²) in [5, 5.41) is 0. The first-order valence-electron chi connectivity index (χ1n) is 6.80. The van der Waals surface area contributed by atoms with Crippen molar-refractivity contribution in [2.45, 2.75) is 12.8 Å². The van der Waals surface area contributed by atoms with Crippen LogP contribution in [0, 0.1) is 5.92 Å². The van der Waals surface area contributed by atoms with Gasteiger partial charge in [-0.2, -0.15) is 0 Å². The first kappa shape index (κ1) is 14.5.